The minimum atomic E-state index is -3.58. The average Bonchev–Trinajstić information content (AvgIpc) is 2.47. The summed E-state index contributed by atoms with van der Waals surface area (Å²) >= 11 is 1.33. The van der Waals surface area contributed by atoms with Crippen LogP contribution in [0, 0.1) is 0 Å². The largest absolute Gasteiger partial charge is 0.289 e. The van der Waals surface area contributed by atoms with E-state index in [2.05, 4.69) is 0 Å². The van der Waals surface area contributed by atoms with Crippen molar-refractivity contribution in [2.75, 3.05) is 14.1 Å². The van der Waals surface area contributed by atoms with Gasteiger partial charge in [0.2, 0.25) is 10.0 Å². The molecule has 0 spiro atoms. The lowest BCUT2D eigenvalue weighted by atomic mass is 10.2. The topological polar surface area (TPSA) is 54.5 Å². The lowest BCUT2D eigenvalue weighted by Crippen LogP contribution is -2.22. The van der Waals surface area contributed by atoms with Gasteiger partial charge in [-0.25, -0.2) is 12.7 Å². The van der Waals surface area contributed by atoms with E-state index in [-0.39, 0.29) is 10.3 Å². The summed E-state index contributed by atoms with van der Waals surface area (Å²) in [5.74, 6) is 0. The summed E-state index contributed by atoms with van der Waals surface area (Å²) < 4.78 is 27.3. The second-order valence-electron chi connectivity index (χ2n) is 4.85. The van der Waals surface area contributed by atoms with Crippen molar-refractivity contribution in [3.05, 3.63) is 52.7 Å². The zero-order chi connectivity index (χ0) is 15.2. The van der Waals surface area contributed by atoms with E-state index in [9.17, 15) is 13.2 Å². The molecule has 0 fully saturated rings. The third kappa shape index (κ3) is 2.16. The molecule has 0 aliphatic rings. The molecule has 0 aliphatic carbocycles. The second kappa shape index (κ2) is 4.91. The Balaban J connectivity index is 2.53. The van der Waals surface area contributed by atoms with Gasteiger partial charge < -0.3 is 0 Å². The quantitative estimate of drug-likeness (QED) is 0.682. The summed E-state index contributed by atoms with van der Waals surface area (Å²) in [5.41, 5.74) is -0.129. The Bertz CT molecular complexity index is 1000. The Labute approximate surface area is 126 Å². The molecule has 3 rings (SSSR count). The molecular formula is C15H13NO3S2. The predicted molar refractivity (Wildman–Crippen MR) is 86.5 cm³/mol. The Morgan fingerprint density at radius 1 is 0.952 bits per heavy atom. The van der Waals surface area contributed by atoms with Crippen molar-refractivity contribution >= 4 is 41.5 Å². The maximum Gasteiger partial charge on any atom is 0.243 e. The van der Waals surface area contributed by atoms with Crippen molar-refractivity contribution in [1.29, 1.82) is 0 Å². The lowest BCUT2D eigenvalue weighted by molar-refractivity contribution is 0.522. The first-order valence-electron chi connectivity index (χ1n) is 6.30. The van der Waals surface area contributed by atoms with Crippen LogP contribution in [0.4, 0.5) is 0 Å². The molecule has 0 bridgehead atoms. The summed E-state index contributed by atoms with van der Waals surface area (Å²) in [6, 6.07) is 12.1. The molecule has 6 heteroatoms. The summed E-state index contributed by atoms with van der Waals surface area (Å²) in [6.07, 6.45) is 0. The van der Waals surface area contributed by atoms with Crippen LogP contribution in [0.3, 0.4) is 0 Å². The van der Waals surface area contributed by atoms with Gasteiger partial charge in [0.25, 0.3) is 0 Å². The molecule has 0 atom stereocenters. The van der Waals surface area contributed by atoms with E-state index < -0.39 is 10.0 Å². The van der Waals surface area contributed by atoms with Gasteiger partial charge in [0, 0.05) is 29.6 Å². The van der Waals surface area contributed by atoms with Crippen molar-refractivity contribution < 1.29 is 8.42 Å². The number of fused-ring (bicyclic) bond motifs is 2. The number of rotatable bonds is 2. The molecule has 21 heavy (non-hydrogen) atoms. The highest BCUT2D eigenvalue weighted by atomic mass is 32.2. The molecule has 0 saturated carbocycles. The maximum atomic E-state index is 12.5. The second-order valence-corrected chi connectivity index (χ2v) is 8.02. The van der Waals surface area contributed by atoms with Crippen LogP contribution in [-0.4, -0.2) is 26.8 Å². The smallest absolute Gasteiger partial charge is 0.243 e. The fourth-order valence-corrected chi connectivity index (χ4v) is 4.70. The number of hydrogen-bond donors (Lipinski definition) is 0. The Hall–Kier alpha value is -1.76. The molecule has 3 aromatic rings. The van der Waals surface area contributed by atoms with E-state index in [0.29, 0.717) is 15.5 Å². The van der Waals surface area contributed by atoms with Crippen LogP contribution in [0.15, 0.2) is 52.2 Å². The zero-order valence-electron chi connectivity index (χ0n) is 11.5. The van der Waals surface area contributed by atoms with E-state index >= 15 is 0 Å². The van der Waals surface area contributed by atoms with Gasteiger partial charge in [0.05, 0.1) is 4.70 Å². The number of sulfonamides is 1. The SMILES string of the molecule is CN(C)S(=O)(=O)c1cccc2c(=O)c3ccccc3sc12. The highest BCUT2D eigenvalue weighted by Gasteiger charge is 2.21. The first-order valence-corrected chi connectivity index (χ1v) is 8.55. The van der Waals surface area contributed by atoms with Crippen LogP contribution in [-0.2, 0) is 10.0 Å². The monoisotopic (exact) mass is 319 g/mol. The molecule has 1 heterocycles. The molecule has 4 nitrogen and oxygen atoms in total. The molecular weight excluding hydrogens is 306 g/mol. The molecule has 2 aromatic carbocycles. The molecule has 108 valence electrons. The van der Waals surface area contributed by atoms with Gasteiger partial charge in [-0.15, -0.1) is 11.3 Å². The van der Waals surface area contributed by atoms with Crippen LogP contribution >= 0.6 is 11.3 Å². The van der Waals surface area contributed by atoms with Crippen LogP contribution < -0.4 is 5.43 Å². The van der Waals surface area contributed by atoms with E-state index in [0.717, 1.165) is 9.01 Å². The average molecular weight is 319 g/mol. The fraction of sp³-hybridized carbons (Fsp3) is 0.133. The minimum absolute atomic E-state index is 0.129. The predicted octanol–water partition coefficient (Wildman–Crippen LogP) is 2.67. The fourth-order valence-electron chi connectivity index (χ4n) is 2.20. The number of nitrogens with zero attached hydrogens (tertiary/aromatic N) is 1. The summed E-state index contributed by atoms with van der Waals surface area (Å²) in [7, 11) is -0.616. The highest BCUT2D eigenvalue weighted by molar-refractivity contribution is 7.89. The van der Waals surface area contributed by atoms with Crippen LogP contribution in [0.5, 0.6) is 0 Å². The first kappa shape index (κ1) is 14.2. The van der Waals surface area contributed by atoms with Gasteiger partial charge in [-0.05, 0) is 24.3 Å². The highest BCUT2D eigenvalue weighted by Crippen LogP contribution is 2.30. The Morgan fingerprint density at radius 2 is 1.62 bits per heavy atom. The van der Waals surface area contributed by atoms with Gasteiger partial charge >= 0.3 is 0 Å². The van der Waals surface area contributed by atoms with Crippen molar-refractivity contribution in [3.8, 4) is 0 Å². The van der Waals surface area contributed by atoms with Crippen LogP contribution in [0.1, 0.15) is 0 Å². The van der Waals surface area contributed by atoms with Crippen molar-refractivity contribution in [2.24, 2.45) is 0 Å². The zero-order valence-corrected chi connectivity index (χ0v) is 13.2. The van der Waals surface area contributed by atoms with Gasteiger partial charge in [0.15, 0.2) is 5.43 Å². The third-order valence-electron chi connectivity index (χ3n) is 3.33. The Morgan fingerprint density at radius 3 is 2.33 bits per heavy atom. The molecule has 1 aromatic heterocycles. The van der Waals surface area contributed by atoms with Crippen molar-refractivity contribution in [2.45, 2.75) is 4.90 Å². The van der Waals surface area contributed by atoms with Crippen molar-refractivity contribution in [1.82, 2.24) is 4.31 Å². The molecule has 0 unspecified atom stereocenters. The number of benzene rings is 2. The normalized spacial score (nSPS) is 12.3. The summed E-state index contributed by atoms with van der Waals surface area (Å²) in [4.78, 5) is 12.7. The van der Waals surface area contributed by atoms with E-state index in [4.69, 9.17) is 0 Å². The van der Waals surface area contributed by atoms with E-state index in [1.165, 1.54) is 25.4 Å². The van der Waals surface area contributed by atoms with E-state index in [1.54, 1.807) is 24.3 Å². The Kier molecular flexibility index (Phi) is 3.32. The number of hydrogen-bond acceptors (Lipinski definition) is 4. The van der Waals surface area contributed by atoms with Crippen molar-refractivity contribution in [3.63, 3.8) is 0 Å². The molecule has 0 N–H and O–H groups in total. The molecule has 0 saturated heterocycles. The standard InChI is InChI=1S/C15H13NO3S2/c1-16(2)21(18,19)13-9-5-7-11-14(17)10-6-3-4-8-12(10)20-15(11)13/h3-9H,1-2H3. The van der Waals surface area contributed by atoms with Crippen LogP contribution in [0.25, 0.3) is 20.2 Å². The van der Waals surface area contributed by atoms with Gasteiger partial charge in [-0.2, -0.15) is 0 Å². The van der Waals surface area contributed by atoms with E-state index in [1.807, 2.05) is 18.2 Å². The first-order chi connectivity index (χ1) is 9.93. The summed E-state index contributed by atoms with van der Waals surface area (Å²) in [5, 5.41) is 1.07. The lowest BCUT2D eigenvalue weighted by Gasteiger charge is -2.13. The maximum absolute atomic E-state index is 12.5. The molecule has 0 amide bonds. The van der Waals surface area contributed by atoms with Gasteiger partial charge in [-0.1, -0.05) is 18.2 Å². The molecule has 0 radical (unpaired) electrons. The summed E-state index contributed by atoms with van der Waals surface area (Å²) in [6.45, 7) is 0. The third-order valence-corrected chi connectivity index (χ3v) is 6.53. The van der Waals surface area contributed by atoms with Gasteiger partial charge in [-0.3, -0.25) is 4.79 Å². The molecule has 0 aliphatic heterocycles. The van der Waals surface area contributed by atoms with Gasteiger partial charge in [0.1, 0.15) is 4.90 Å². The minimum Gasteiger partial charge on any atom is -0.289 e. The van der Waals surface area contributed by atoms with Crippen LogP contribution in [0.2, 0.25) is 0 Å².